The quantitative estimate of drug-likeness (QED) is 0.395. The van der Waals surface area contributed by atoms with Crippen LogP contribution in [0.5, 0.6) is 0 Å². The van der Waals surface area contributed by atoms with Crippen molar-refractivity contribution in [3.05, 3.63) is 0 Å². The normalized spacial score (nSPS) is 8.15. The van der Waals surface area contributed by atoms with Crippen LogP contribution in [0, 0.1) is 22.9 Å². The van der Waals surface area contributed by atoms with Crippen molar-refractivity contribution in [3.8, 4) is 12.4 Å². The van der Waals surface area contributed by atoms with Crippen LogP contribution in [-0.2, 0) is 0 Å². The third kappa shape index (κ3) is 2.17. The Kier molecular flexibility index (Phi) is 2.41. The number of anilines is 3. The number of nitrogens with zero attached hydrogens (tertiary/aromatic N) is 5. The molecule has 13 heavy (non-hydrogen) atoms. The van der Waals surface area contributed by atoms with Crippen LogP contribution in [0.4, 0.5) is 17.8 Å². The van der Waals surface area contributed by atoms with Gasteiger partial charge in [-0.25, -0.2) is 0 Å². The molecule has 0 unspecified atom stereocenters. The van der Waals surface area contributed by atoms with Crippen LogP contribution in [0.25, 0.3) is 0 Å². The van der Waals surface area contributed by atoms with E-state index in [1.54, 1.807) is 12.4 Å². The van der Waals surface area contributed by atoms with Crippen LogP contribution in [0.1, 0.15) is 0 Å². The predicted molar refractivity (Wildman–Crippen MR) is 42.7 cm³/mol. The highest BCUT2D eigenvalue weighted by Gasteiger charge is 2.01. The van der Waals surface area contributed by atoms with Gasteiger partial charge in [0, 0.05) is 0 Å². The fraction of sp³-hybridized carbons (Fsp3) is 0. The van der Waals surface area contributed by atoms with Crippen LogP contribution in [0.15, 0.2) is 0 Å². The van der Waals surface area contributed by atoms with E-state index in [0.717, 1.165) is 0 Å². The van der Waals surface area contributed by atoms with Crippen molar-refractivity contribution in [1.82, 2.24) is 15.0 Å². The predicted octanol–water partition coefficient (Wildman–Crippen LogP) is -0.760. The third-order valence-corrected chi connectivity index (χ3v) is 0.988. The lowest BCUT2D eigenvalue weighted by Crippen LogP contribution is -2.06. The third-order valence-electron chi connectivity index (χ3n) is 0.988. The summed E-state index contributed by atoms with van der Waals surface area (Å²) in [7, 11) is 0. The summed E-state index contributed by atoms with van der Waals surface area (Å²) in [5, 5.41) is 20.8. The molecule has 64 valence electrons. The largest absolute Gasteiger partial charge is 0.368 e. The van der Waals surface area contributed by atoms with E-state index in [-0.39, 0.29) is 17.8 Å². The standard InChI is InChI=1S/C5H4N8/c6-1-9-4-11-3(8)12-5(13-4)10-2-7/h(H4,8,9,10,11,12,13). The summed E-state index contributed by atoms with van der Waals surface area (Å²) < 4.78 is 0. The zero-order valence-corrected chi connectivity index (χ0v) is 6.31. The topological polar surface area (TPSA) is 136 Å². The SMILES string of the molecule is N#CNc1nc(N)nc(NC#N)n1. The Bertz CT molecular complexity index is 350. The minimum atomic E-state index is -0.0782. The molecule has 1 aromatic heterocycles. The number of hydrogen-bond acceptors (Lipinski definition) is 8. The second kappa shape index (κ2) is 3.69. The molecule has 0 saturated carbocycles. The molecular formula is C5H4N8. The second-order valence-corrected chi connectivity index (χ2v) is 1.81. The van der Waals surface area contributed by atoms with Gasteiger partial charge in [-0.3, -0.25) is 10.6 Å². The number of nitrogens with one attached hydrogen (secondary N) is 2. The average Bonchev–Trinajstić information content (AvgIpc) is 2.04. The summed E-state index contributed by atoms with van der Waals surface area (Å²) in [5.74, 6) is -0.0917. The van der Waals surface area contributed by atoms with Gasteiger partial charge < -0.3 is 5.73 Å². The Morgan fingerprint density at radius 1 is 1.00 bits per heavy atom. The highest BCUT2D eigenvalue weighted by Crippen LogP contribution is 2.04. The first-order valence-electron chi connectivity index (χ1n) is 3.08. The van der Waals surface area contributed by atoms with E-state index in [1.165, 1.54) is 0 Å². The molecule has 0 spiro atoms. The van der Waals surface area contributed by atoms with E-state index >= 15 is 0 Å². The van der Waals surface area contributed by atoms with E-state index in [1.807, 2.05) is 0 Å². The maximum atomic E-state index is 8.24. The molecular weight excluding hydrogens is 172 g/mol. The Labute approximate surface area is 73.0 Å². The van der Waals surface area contributed by atoms with Crippen LogP contribution in [0.2, 0.25) is 0 Å². The fourth-order valence-corrected chi connectivity index (χ4v) is 0.604. The van der Waals surface area contributed by atoms with Gasteiger partial charge in [-0.2, -0.15) is 25.5 Å². The van der Waals surface area contributed by atoms with E-state index in [9.17, 15) is 0 Å². The Balaban J connectivity index is 2.99. The van der Waals surface area contributed by atoms with Crippen LogP contribution in [-0.4, -0.2) is 15.0 Å². The molecule has 0 fully saturated rings. The van der Waals surface area contributed by atoms with Crippen molar-refractivity contribution < 1.29 is 0 Å². The first kappa shape index (κ1) is 8.49. The molecule has 1 rings (SSSR count). The molecule has 4 N–H and O–H groups in total. The zero-order chi connectivity index (χ0) is 9.68. The molecule has 0 bridgehead atoms. The molecule has 0 aromatic carbocycles. The van der Waals surface area contributed by atoms with Gasteiger partial charge >= 0.3 is 0 Å². The Morgan fingerprint density at radius 2 is 1.46 bits per heavy atom. The first-order chi connectivity index (χ1) is 6.26. The number of nitriles is 2. The van der Waals surface area contributed by atoms with E-state index in [2.05, 4.69) is 25.6 Å². The Morgan fingerprint density at radius 3 is 1.85 bits per heavy atom. The maximum Gasteiger partial charge on any atom is 0.242 e. The molecule has 0 amide bonds. The minimum Gasteiger partial charge on any atom is -0.368 e. The lowest BCUT2D eigenvalue weighted by Gasteiger charge is -1.99. The van der Waals surface area contributed by atoms with E-state index < -0.39 is 0 Å². The van der Waals surface area contributed by atoms with Crippen molar-refractivity contribution in [2.24, 2.45) is 0 Å². The Hall–Kier alpha value is -2.61. The van der Waals surface area contributed by atoms with Gasteiger partial charge in [-0.1, -0.05) is 0 Å². The first-order valence-corrected chi connectivity index (χ1v) is 3.08. The van der Waals surface area contributed by atoms with Crippen molar-refractivity contribution in [3.63, 3.8) is 0 Å². The van der Waals surface area contributed by atoms with Gasteiger partial charge in [-0.05, 0) is 0 Å². The summed E-state index contributed by atoms with van der Waals surface area (Å²) in [6, 6.07) is 0. The van der Waals surface area contributed by atoms with Gasteiger partial charge in [0.1, 0.15) is 0 Å². The molecule has 1 heterocycles. The molecule has 0 aliphatic rings. The van der Waals surface area contributed by atoms with Gasteiger partial charge in [0.2, 0.25) is 17.8 Å². The summed E-state index contributed by atoms with van der Waals surface area (Å²) >= 11 is 0. The minimum absolute atomic E-state index is 0.00671. The highest BCUT2D eigenvalue weighted by atomic mass is 15.2. The van der Waals surface area contributed by atoms with Crippen LogP contribution >= 0.6 is 0 Å². The van der Waals surface area contributed by atoms with Gasteiger partial charge in [0.15, 0.2) is 12.4 Å². The number of nitrogen functional groups attached to an aromatic ring is 1. The summed E-state index contributed by atoms with van der Waals surface area (Å²) in [6.45, 7) is 0. The molecule has 0 saturated heterocycles. The number of aromatic nitrogens is 3. The smallest absolute Gasteiger partial charge is 0.242 e. The number of nitrogens with two attached hydrogens (primary N) is 1. The number of hydrogen-bond donors (Lipinski definition) is 3. The van der Waals surface area contributed by atoms with Gasteiger partial charge in [0.05, 0.1) is 0 Å². The zero-order valence-electron chi connectivity index (χ0n) is 6.31. The summed E-state index contributed by atoms with van der Waals surface area (Å²) in [5.41, 5.74) is 5.26. The summed E-state index contributed by atoms with van der Waals surface area (Å²) in [4.78, 5) is 10.8. The molecule has 0 aliphatic carbocycles. The molecule has 0 atom stereocenters. The lowest BCUT2D eigenvalue weighted by molar-refractivity contribution is 1.07. The summed E-state index contributed by atoms with van der Waals surface area (Å²) in [6.07, 6.45) is 3.22. The second-order valence-electron chi connectivity index (χ2n) is 1.81. The van der Waals surface area contributed by atoms with Crippen molar-refractivity contribution in [2.45, 2.75) is 0 Å². The molecule has 1 aromatic rings. The molecule has 8 nitrogen and oxygen atoms in total. The van der Waals surface area contributed by atoms with Crippen LogP contribution in [0.3, 0.4) is 0 Å². The van der Waals surface area contributed by atoms with Crippen LogP contribution < -0.4 is 16.4 Å². The van der Waals surface area contributed by atoms with Gasteiger partial charge in [0.25, 0.3) is 0 Å². The molecule has 8 heteroatoms. The van der Waals surface area contributed by atoms with Crippen molar-refractivity contribution in [2.75, 3.05) is 16.4 Å². The van der Waals surface area contributed by atoms with E-state index in [4.69, 9.17) is 16.3 Å². The highest BCUT2D eigenvalue weighted by molar-refractivity contribution is 5.43. The average molecular weight is 176 g/mol. The van der Waals surface area contributed by atoms with Crippen molar-refractivity contribution in [1.29, 1.82) is 10.5 Å². The van der Waals surface area contributed by atoms with Gasteiger partial charge in [-0.15, -0.1) is 0 Å². The number of rotatable bonds is 2. The van der Waals surface area contributed by atoms with E-state index in [0.29, 0.717) is 0 Å². The van der Waals surface area contributed by atoms with Crippen molar-refractivity contribution >= 4 is 17.8 Å². The molecule has 0 radical (unpaired) electrons. The lowest BCUT2D eigenvalue weighted by atomic mass is 10.8. The maximum absolute atomic E-state index is 8.24. The fourth-order valence-electron chi connectivity index (χ4n) is 0.604. The molecule has 0 aliphatic heterocycles. The monoisotopic (exact) mass is 176 g/mol.